The fourth-order valence-electron chi connectivity index (χ4n) is 2.10. The summed E-state index contributed by atoms with van der Waals surface area (Å²) in [4.78, 5) is 6.78. The van der Waals surface area contributed by atoms with Gasteiger partial charge in [0.1, 0.15) is 5.82 Å². The minimum Gasteiger partial charge on any atom is -0.397 e. The normalized spacial score (nSPS) is 25.1. The molecular formula is C12H18BrN3. The topological polar surface area (TPSA) is 42.1 Å². The molecule has 88 valence electrons. The quantitative estimate of drug-likeness (QED) is 0.862. The Kier molecular flexibility index (Phi) is 3.10. The number of anilines is 2. The molecule has 2 atom stereocenters. The molecule has 0 bridgehead atoms. The molecule has 4 heteroatoms. The van der Waals surface area contributed by atoms with Crippen LogP contribution < -0.4 is 10.6 Å². The molecule has 0 radical (unpaired) electrons. The lowest BCUT2D eigenvalue weighted by atomic mass is 10.0. The molecule has 0 aromatic carbocycles. The van der Waals surface area contributed by atoms with Crippen LogP contribution in [0.3, 0.4) is 0 Å². The minimum atomic E-state index is 0.728. The van der Waals surface area contributed by atoms with E-state index in [9.17, 15) is 0 Å². The third-order valence-electron chi connectivity index (χ3n) is 3.57. The van der Waals surface area contributed by atoms with Gasteiger partial charge in [0.2, 0.25) is 0 Å². The van der Waals surface area contributed by atoms with Crippen LogP contribution in [-0.2, 0) is 0 Å². The molecule has 1 aromatic heterocycles. The van der Waals surface area contributed by atoms with Gasteiger partial charge < -0.3 is 10.6 Å². The number of nitrogen functional groups attached to an aromatic ring is 1. The Hall–Kier alpha value is -0.770. The van der Waals surface area contributed by atoms with Gasteiger partial charge in [-0.3, -0.25) is 0 Å². The Bertz CT molecular complexity index is 395. The van der Waals surface area contributed by atoms with E-state index in [-0.39, 0.29) is 0 Å². The van der Waals surface area contributed by atoms with E-state index in [1.165, 1.54) is 0 Å². The zero-order chi connectivity index (χ0) is 11.9. The molecule has 16 heavy (non-hydrogen) atoms. The Labute approximate surface area is 105 Å². The van der Waals surface area contributed by atoms with Gasteiger partial charge in [0.15, 0.2) is 0 Å². The van der Waals surface area contributed by atoms with Crippen LogP contribution in [-0.4, -0.2) is 18.1 Å². The van der Waals surface area contributed by atoms with Crippen molar-refractivity contribution in [3.8, 4) is 0 Å². The summed E-state index contributed by atoms with van der Waals surface area (Å²) in [5.74, 6) is 2.49. The number of hydrogen-bond acceptors (Lipinski definition) is 3. The van der Waals surface area contributed by atoms with E-state index in [0.717, 1.165) is 46.5 Å². The molecule has 1 aliphatic heterocycles. The number of halogens is 1. The third-order valence-corrected chi connectivity index (χ3v) is 4.52. The maximum absolute atomic E-state index is 5.83. The Morgan fingerprint density at radius 1 is 1.38 bits per heavy atom. The highest BCUT2D eigenvalue weighted by molar-refractivity contribution is 9.10. The molecule has 1 fully saturated rings. The average molecular weight is 284 g/mol. The Morgan fingerprint density at radius 3 is 2.50 bits per heavy atom. The van der Waals surface area contributed by atoms with Crippen LogP contribution in [0, 0.1) is 18.8 Å². The third kappa shape index (κ3) is 1.90. The SMILES string of the molecule is Cc1c(N)cnc(N2CC(C)C(C)C2)c1Br. The van der Waals surface area contributed by atoms with Crippen LogP contribution in [0.1, 0.15) is 19.4 Å². The predicted octanol–water partition coefficient (Wildman–Crippen LogP) is 2.83. The summed E-state index contributed by atoms with van der Waals surface area (Å²) in [6, 6.07) is 0. The van der Waals surface area contributed by atoms with E-state index < -0.39 is 0 Å². The summed E-state index contributed by atoms with van der Waals surface area (Å²) in [6.45, 7) is 8.77. The summed E-state index contributed by atoms with van der Waals surface area (Å²) in [6.07, 6.45) is 1.75. The van der Waals surface area contributed by atoms with Crippen LogP contribution in [0.5, 0.6) is 0 Å². The molecule has 2 unspecified atom stereocenters. The van der Waals surface area contributed by atoms with Crippen molar-refractivity contribution in [2.75, 3.05) is 23.7 Å². The number of nitrogens with zero attached hydrogens (tertiary/aromatic N) is 2. The van der Waals surface area contributed by atoms with Crippen molar-refractivity contribution in [1.82, 2.24) is 4.98 Å². The lowest BCUT2D eigenvalue weighted by Gasteiger charge is -2.20. The second-order valence-electron chi connectivity index (χ2n) is 4.84. The molecule has 1 aliphatic rings. The zero-order valence-corrected chi connectivity index (χ0v) is 11.6. The Morgan fingerprint density at radius 2 is 1.94 bits per heavy atom. The van der Waals surface area contributed by atoms with E-state index in [1.54, 1.807) is 6.20 Å². The Balaban J connectivity index is 2.32. The molecule has 2 rings (SSSR count). The highest BCUT2D eigenvalue weighted by Gasteiger charge is 2.28. The number of nitrogens with two attached hydrogens (primary N) is 1. The van der Waals surface area contributed by atoms with Crippen molar-refractivity contribution in [1.29, 1.82) is 0 Å². The number of pyridine rings is 1. The number of rotatable bonds is 1. The minimum absolute atomic E-state index is 0.728. The summed E-state index contributed by atoms with van der Waals surface area (Å²) in [7, 11) is 0. The lowest BCUT2D eigenvalue weighted by Crippen LogP contribution is -2.21. The molecular weight excluding hydrogens is 266 g/mol. The molecule has 0 amide bonds. The first-order chi connectivity index (χ1) is 7.50. The summed E-state index contributed by atoms with van der Waals surface area (Å²) >= 11 is 3.60. The second kappa shape index (κ2) is 4.24. The fourth-order valence-corrected chi connectivity index (χ4v) is 2.68. The van der Waals surface area contributed by atoms with Crippen molar-refractivity contribution in [2.24, 2.45) is 11.8 Å². The van der Waals surface area contributed by atoms with Gasteiger partial charge in [-0.25, -0.2) is 4.98 Å². The van der Waals surface area contributed by atoms with Crippen molar-refractivity contribution >= 4 is 27.4 Å². The number of aromatic nitrogens is 1. The van der Waals surface area contributed by atoms with Gasteiger partial charge in [0.25, 0.3) is 0 Å². The molecule has 0 aliphatic carbocycles. The first kappa shape index (κ1) is 11.7. The van der Waals surface area contributed by atoms with Gasteiger partial charge >= 0.3 is 0 Å². The maximum atomic E-state index is 5.83. The molecule has 2 N–H and O–H groups in total. The fraction of sp³-hybridized carbons (Fsp3) is 0.583. The van der Waals surface area contributed by atoms with Gasteiger partial charge in [0, 0.05) is 13.1 Å². The van der Waals surface area contributed by atoms with E-state index in [0.29, 0.717) is 0 Å². The molecule has 3 nitrogen and oxygen atoms in total. The molecule has 1 saturated heterocycles. The smallest absolute Gasteiger partial charge is 0.143 e. The molecule has 1 aromatic rings. The van der Waals surface area contributed by atoms with Gasteiger partial charge in [-0.1, -0.05) is 13.8 Å². The highest BCUT2D eigenvalue weighted by atomic mass is 79.9. The predicted molar refractivity (Wildman–Crippen MR) is 71.6 cm³/mol. The van der Waals surface area contributed by atoms with Crippen LogP contribution in [0.15, 0.2) is 10.7 Å². The standard InChI is InChI=1S/C12H18BrN3/c1-7-5-16(6-8(7)2)12-11(13)9(3)10(14)4-15-12/h4,7-8H,5-6,14H2,1-3H3. The summed E-state index contributed by atoms with van der Waals surface area (Å²) in [5, 5.41) is 0. The molecule has 2 heterocycles. The lowest BCUT2D eigenvalue weighted by molar-refractivity contribution is 0.494. The molecule has 0 spiro atoms. The second-order valence-corrected chi connectivity index (χ2v) is 5.63. The summed E-state index contributed by atoms with van der Waals surface area (Å²) < 4.78 is 1.04. The van der Waals surface area contributed by atoms with E-state index in [1.807, 2.05) is 6.92 Å². The van der Waals surface area contributed by atoms with Crippen molar-refractivity contribution in [2.45, 2.75) is 20.8 Å². The van der Waals surface area contributed by atoms with Gasteiger partial charge in [0.05, 0.1) is 16.4 Å². The monoisotopic (exact) mass is 283 g/mol. The first-order valence-corrected chi connectivity index (χ1v) is 6.45. The van der Waals surface area contributed by atoms with Crippen LogP contribution in [0.4, 0.5) is 11.5 Å². The largest absolute Gasteiger partial charge is 0.397 e. The van der Waals surface area contributed by atoms with Gasteiger partial charge in [-0.2, -0.15) is 0 Å². The van der Waals surface area contributed by atoms with E-state index in [2.05, 4.69) is 39.7 Å². The first-order valence-electron chi connectivity index (χ1n) is 5.66. The average Bonchev–Trinajstić information content (AvgIpc) is 2.56. The maximum Gasteiger partial charge on any atom is 0.143 e. The van der Waals surface area contributed by atoms with E-state index in [4.69, 9.17) is 5.73 Å². The van der Waals surface area contributed by atoms with Gasteiger partial charge in [-0.05, 0) is 40.3 Å². The zero-order valence-electron chi connectivity index (χ0n) is 10.00. The van der Waals surface area contributed by atoms with E-state index >= 15 is 0 Å². The van der Waals surface area contributed by atoms with Crippen LogP contribution in [0.2, 0.25) is 0 Å². The number of hydrogen-bond donors (Lipinski definition) is 1. The van der Waals surface area contributed by atoms with Crippen LogP contribution >= 0.6 is 15.9 Å². The summed E-state index contributed by atoms with van der Waals surface area (Å²) in [5.41, 5.74) is 7.66. The highest BCUT2D eigenvalue weighted by Crippen LogP contribution is 2.34. The van der Waals surface area contributed by atoms with Gasteiger partial charge in [-0.15, -0.1) is 0 Å². The molecule has 0 saturated carbocycles. The van der Waals surface area contributed by atoms with Crippen molar-refractivity contribution < 1.29 is 0 Å². The van der Waals surface area contributed by atoms with Crippen molar-refractivity contribution in [3.05, 3.63) is 16.2 Å². The van der Waals surface area contributed by atoms with Crippen LogP contribution in [0.25, 0.3) is 0 Å². The van der Waals surface area contributed by atoms with Crippen molar-refractivity contribution in [3.63, 3.8) is 0 Å².